The van der Waals surface area contributed by atoms with Crippen LogP contribution in [0.2, 0.25) is 0 Å². The Labute approximate surface area is 63.9 Å². The minimum atomic E-state index is -0.981. The van der Waals surface area contributed by atoms with Gasteiger partial charge in [-0.1, -0.05) is 6.58 Å². The van der Waals surface area contributed by atoms with Gasteiger partial charge in [0.1, 0.15) is 5.83 Å². The molecule has 0 saturated carbocycles. The van der Waals surface area contributed by atoms with Crippen LogP contribution >= 0.6 is 0 Å². The molecule has 0 aliphatic carbocycles. The van der Waals surface area contributed by atoms with Crippen molar-refractivity contribution < 1.29 is 14.3 Å². The Bertz CT molecular complexity index is 199. The van der Waals surface area contributed by atoms with Crippen molar-refractivity contribution in [2.24, 2.45) is 5.41 Å². The summed E-state index contributed by atoms with van der Waals surface area (Å²) < 4.78 is 12.7. The van der Waals surface area contributed by atoms with Crippen molar-refractivity contribution in [3.63, 3.8) is 0 Å². The Morgan fingerprint density at radius 1 is 1.73 bits per heavy atom. The van der Waals surface area contributed by atoms with E-state index in [1.807, 2.05) is 0 Å². The fourth-order valence-electron chi connectivity index (χ4n) is 1.13. The number of hydrogen-bond acceptors (Lipinski definition) is 2. The quantitative estimate of drug-likeness (QED) is 0.631. The highest BCUT2D eigenvalue weighted by molar-refractivity contribution is 5.68. The lowest BCUT2D eigenvalue weighted by atomic mass is 9.78. The fourth-order valence-corrected chi connectivity index (χ4v) is 1.13. The molecule has 62 valence electrons. The Kier molecular flexibility index (Phi) is 1.95. The van der Waals surface area contributed by atoms with E-state index >= 15 is 0 Å². The Balaban J connectivity index is 2.61. The summed E-state index contributed by atoms with van der Waals surface area (Å²) in [7, 11) is 0. The minimum Gasteiger partial charge on any atom is -0.481 e. The van der Waals surface area contributed by atoms with E-state index in [0.717, 1.165) is 0 Å². The second kappa shape index (κ2) is 2.62. The number of rotatable bonds is 3. The predicted molar refractivity (Wildman–Crippen MR) is 37.8 cm³/mol. The zero-order chi connectivity index (χ0) is 8.48. The highest BCUT2D eigenvalue weighted by Crippen LogP contribution is 2.35. The summed E-state index contributed by atoms with van der Waals surface area (Å²) in [5.41, 5.74) is -0.828. The molecule has 2 N–H and O–H groups in total. The van der Waals surface area contributed by atoms with Gasteiger partial charge in [-0.2, -0.15) is 0 Å². The number of aliphatic carboxylic acids is 1. The summed E-state index contributed by atoms with van der Waals surface area (Å²) in [5, 5.41) is 11.3. The first kappa shape index (κ1) is 8.20. The summed E-state index contributed by atoms with van der Waals surface area (Å²) in [6, 6.07) is 0. The maximum absolute atomic E-state index is 12.7. The van der Waals surface area contributed by atoms with Crippen LogP contribution in [-0.4, -0.2) is 24.2 Å². The molecule has 1 aliphatic heterocycles. The van der Waals surface area contributed by atoms with Crippen molar-refractivity contribution in [2.45, 2.75) is 6.42 Å². The summed E-state index contributed by atoms with van der Waals surface area (Å²) in [4.78, 5) is 10.3. The fraction of sp³-hybridized carbons (Fsp3) is 0.571. The number of carboxylic acid groups (broad SMARTS) is 1. The van der Waals surface area contributed by atoms with Crippen molar-refractivity contribution in [3.8, 4) is 0 Å². The lowest BCUT2D eigenvalue weighted by Gasteiger charge is -2.39. The van der Waals surface area contributed by atoms with E-state index in [4.69, 9.17) is 5.11 Å². The van der Waals surface area contributed by atoms with Crippen LogP contribution in [0.15, 0.2) is 12.4 Å². The maximum Gasteiger partial charge on any atom is 0.304 e. The molecule has 4 heteroatoms. The summed E-state index contributed by atoms with van der Waals surface area (Å²) in [6.45, 7) is 3.90. The molecule has 1 aliphatic rings. The number of hydrogen-bond donors (Lipinski definition) is 2. The second-order valence-electron chi connectivity index (χ2n) is 2.86. The molecule has 0 aromatic carbocycles. The van der Waals surface area contributed by atoms with E-state index in [1.165, 1.54) is 0 Å². The number of nitrogens with one attached hydrogen (secondary N) is 1. The number of carbonyl (C=O) groups is 1. The van der Waals surface area contributed by atoms with Crippen LogP contribution in [0.3, 0.4) is 0 Å². The molecular weight excluding hydrogens is 149 g/mol. The third kappa shape index (κ3) is 1.40. The zero-order valence-electron chi connectivity index (χ0n) is 6.06. The SMILES string of the molecule is C=C(F)C1(CC(=O)O)CNC1. The molecule has 0 unspecified atom stereocenters. The van der Waals surface area contributed by atoms with Gasteiger partial charge in [0.2, 0.25) is 0 Å². The molecule has 1 rings (SSSR count). The molecule has 1 heterocycles. The van der Waals surface area contributed by atoms with E-state index in [9.17, 15) is 9.18 Å². The standard InChI is InChI=1S/C7H10FNO2/c1-5(8)7(2-6(10)11)3-9-4-7/h9H,1-4H2,(H,10,11). The summed E-state index contributed by atoms with van der Waals surface area (Å²) in [6.07, 6.45) is -0.171. The summed E-state index contributed by atoms with van der Waals surface area (Å²) in [5.74, 6) is -1.51. The van der Waals surface area contributed by atoms with Gasteiger partial charge in [-0.3, -0.25) is 4.79 Å². The van der Waals surface area contributed by atoms with E-state index in [0.29, 0.717) is 13.1 Å². The highest BCUT2D eigenvalue weighted by Gasteiger charge is 2.42. The van der Waals surface area contributed by atoms with Gasteiger partial charge in [-0.05, 0) is 0 Å². The Hall–Kier alpha value is -0.900. The van der Waals surface area contributed by atoms with Gasteiger partial charge >= 0.3 is 5.97 Å². The lowest BCUT2D eigenvalue weighted by Crippen LogP contribution is -2.54. The molecule has 0 atom stereocenters. The molecule has 0 aromatic rings. The van der Waals surface area contributed by atoms with Crippen LogP contribution in [0.25, 0.3) is 0 Å². The van der Waals surface area contributed by atoms with Crippen molar-refractivity contribution in [3.05, 3.63) is 12.4 Å². The average molecular weight is 159 g/mol. The summed E-state index contributed by atoms with van der Waals surface area (Å²) >= 11 is 0. The zero-order valence-corrected chi connectivity index (χ0v) is 6.06. The molecule has 0 spiro atoms. The van der Waals surface area contributed by atoms with Crippen molar-refractivity contribution in [1.29, 1.82) is 0 Å². The van der Waals surface area contributed by atoms with E-state index < -0.39 is 17.2 Å². The van der Waals surface area contributed by atoms with E-state index in [1.54, 1.807) is 0 Å². The Morgan fingerprint density at radius 3 is 2.36 bits per heavy atom. The van der Waals surface area contributed by atoms with E-state index in [-0.39, 0.29) is 6.42 Å². The number of halogens is 1. The third-order valence-corrected chi connectivity index (χ3v) is 1.99. The monoisotopic (exact) mass is 159 g/mol. The molecule has 11 heavy (non-hydrogen) atoms. The van der Waals surface area contributed by atoms with Gasteiger partial charge in [0.05, 0.1) is 11.8 Å². The van der Waals surface area contributed by atoms with Crippen LogP contribution < -0.4 is 5.32 Å². The minimum absolute atomic E-state index is 0.171. The second-order valence-corrected chi connectivity index (χ2v) is 2.86. The first-order valence-corrected chi connectivity index (χ1v) is 3.34. The van der Waals surface area contributed by atoms with Crippen LogP contribution in [0.5, 0.6) is 0 Å². The molecule has 0 amide bonds. The first-order chi connectivity index (χ1) is 5.07. The van der Waals surface area contributed by atoms with Gasteiger partial charge in [0, 0.05) is 13.1 Å². The topological polar surface area (TPSA) is 49.3 Å². The normalized spacial score (nSPS) is 20.5. The van der Waals surface area contributed by atoms with Crippen molar-refractivity contribution in [2.75, 3.05) is 13.1 Å². The van der Waals surface area contributed by atoms with Gasteiger partial charge in [-0.25, -0.2) is 4.39 Å². The largest absolute Gasteiger partial charge is 0.481 e. The van der Waals surface area contributed by atoms with Crippen LogP contribution in [0.1, 0.15) is 6.42 Å². The van der Waals surface area contributed by atoms with Gasteiger partial charge in [0.15, 0.2) is 0 Å². The molecule has 1 fully saturated rings. The van der Waals surface area contributed by atoms with Gasteiger partial charge < -0.3 is 10.4 Å². The Morgan fingerprint density at radius 2 is 2.27 bits per heavy atom. The molecular formula is C7H10FNO2. The van der Waals surface area contributed by atoms with Crippen LogP contribution in [-0.2, 0) is 4.79 Å². The number of carboxylic acids is 1. The van der Waals surface area contributed by atoms with E-state index in [2.05, 4.69) is 11.9 Å². The molecule has 3 nitrogen and oxygen atoms in total. The average Bonchev–Trinajstić information content (AvgIpc) is 1.77. The highest BCUT2D eigenvalue weighted by atomic mass is 19.1. The molecule has 0 bridgehead atoms. The van der Waals surface area contributed by atoms with Gasteiger partial charge in [-0.15, -0.1) is 0 Å². The predicted octanol–water partition coefficient (Wildman–Crippen LogP) is 0.534. The van der Waals surface area contributed by atoms with Crippen molar-refractivity contribution in [1.82, 2.24) is 5.32 Å². The maximum atomic E-state index is 12.7. The third-order valence-electron chi connectivity index (χ3n) is 1.99. The molecule has 0 radical (unpaired) electrons. The van der Waals surface area contributed by atoms with Crippen LogP contribution in [0.4, 0.5) is 4.39 Å². The lowest BCUT2D eigenvalue weighted by molar-refractivity contribution is -0.140. The molecule has 1 saturated heterocycles. The first-order valence-electron chi connectivity index (χ1n) is 3.34. The van der Waals surface area contributed by atoms with Crippen LogP contribution in [0, 0.1) is 5.41 Å². The van der Waals surface area contributed by atoms with Gasteiger partial charge in [0.25, 0.3) is 0 Å². The smallest absolute Gasteiger partial charge is 0.304 e. The molecule has 0 aromatic heterocycles. The van der Waals surface area contributed by atoms with Crippen molar-refractivity contribution >= 4 is 5.97 Å².